The number of nitrogens with one attached hydrogen (secondary N) is 2. The fraction of sp³-hybridized carbons (Fsp3) is 0.935. The van der Waals surface area contributed by atoms with Crippen LogP contribution in [-0.2, 0) is 32.3 Å². The monoisotopic (exact) mass is 604 g/mol. The van der Waals surface area contributed by atoms with Gasteiger partial charge in [0.15, 0.2) is 0 Å². The second-order valence-corrected chi connectivity index (χ2v) is 14.1. The first-order chi connectivity index (χ1) is 19.9. The molecule has 0 fully saturated rings. The SMILES string of the molecule is CCCCCCCCCCCCCCCCCC(=O)OC(C)COC(=O)CCNCNCCC[Si](OC)(OC)OC. The normalized spacial score (nSPS) is 12.4. The molecule has 41 heavy (non-hydrogen) atoms. The van der Waals surface area contributed by atoms with Gasteiger partial charge in [-0.1, -0.05) is 96.8 Å². The van der Waals surface area contributed by atoms with Gasteiger partial charge in [-0.05, 0) is 26.3 Å². The van der Waals surface area contributed by atoms with Crippen molar-refractivity contribution in [1.29, 1.82) is 0 Å². The van der Waals surface area contributed by atoms with Gasteiger partial charge < -0.3 is 33.4 Å². The van der Waals surface area contributed by atoms with E-state index in [1.54, 1.807) is 28.3 Å². The zero-order chi connectivity index (χ0) is 30.4. The van der Waals surface area contributed by atoms with Crippen LogP contribution in [0.1, 0.15) is 129 Å². The fourth-order valence-corrected chi connectivity index (χ4v) is 6.40. The highest BCUT2D eigenvalue weighted by Crippen LogP contribution is 2.15. The first-order valence-corrected chi connectivity index (χ1v) is 18.3. The molecule has 0 spiro atoms. The van der Waals surface area contributed by atoms with Gasteiger partial charge >= 0.3 is 20.7 Å². The predicted molar refractivity (Wildman–Crippen MR) is 168 cm³/mol. The largest absolute Gasteiger partial charge is 0.500 e. The van der Waals surface area contributed by atoms with Crippen molar-refractivity contribution in [1.82, 2.24) is 10.6 Å². The maximum atomic E-state index is 12.1. The second kappa shape index (κ2) is 29.0. The molecule has 0 saturated heterocycles. The van der Waals surface area contributed by atoms with Crippen LogP contribution in [0.3, 0.4) is 0 Å². The Labute approximate surface area is 252 Å². The predicted octanol–water partition coefficient (Wildman–Crippen LogP) is 6.52. The highest BCUT2D eigenvalue weighted by atomic mass is 28.4. The number of ether oxygens (including phenoxy) is 2. The molecular formula is C31H64N2O7Si. The van der Waals surface area contributed by atoms with E-state index in [1.165, 1.54) is 83.5 Å². The molecule has 0 heterocycles. The highest BCUT2D eigenvalue weighted by Gasteiger charge is 2.36. The van der Waals surface area contributed by atoms with Crippen molar-refractivity contribution in [3.8, 4) is 0 Å². The molecule has 2 N–H and O–H groups in total. The van der Waals surface area contributed by atoms with Crippen molar-refractivity contribution in [2.75, 3.05) is 47.7 Å². The lowest BCUT2D eigenvalue weighted by Gasteiger charge is -2.24. The van der Waals surface area contributed by atoms with Crippen LogP contribution in [0.25, 0.3) is 0 Å². The Balaban J connectivity index is 3.52. The lowest BCUT2D eigenvalue weighted by molar-refractivity contribution is -0.158. The first-order valence-electron chi connectivity index (χ1n) is 16.3. The van der Waals surface area contributed by atoms with Gasteiger partial charge in [0.1, 0.15) is 12.7 Å². The van der Waals surface area contributed by atoms with Crippen molar-refractivity contribution >= 4 is 20.7 Å². The van der Waals surface area contributed by atoms with Crippen LogP contribution in [-0.4, -0.2) is 74.5 Å². The summed E-state index contributed by atoms with van der Waals surface area (Å²) >= 11 is 0. The molecule has 0 aliphatic rings. The van der Waals surface area contributed by atoms with Crippen molar-refractivity contribution in [3.05, 3.63) is 0 Å². The Morgan fingerprint density at radius 2 is 1.12 bits per heavy atom. The lowest BCUT2D eigenvalue weighted by Crippen LogP contribution is -2.43. The lowest BCUT2D eigenvalue weighted by atomic mass is 10.0. The van der Waals surface area contributed by atoms with Gasteiger partial charge in [-0.15, -0.1) is 0 Å². The molecule has 0 bridgehead atoms. The van der Waals surface area contributed by atoms with Crippen LogP contribution in [0, 0.1) is 0 Å². The van der Waals surface area contributed by atoms with Crippen molar-refractivity contribution in [2.45, 2.75) is 142 Å². The topological polar surface area (TPSA) is 104 Å². The van der Waals surface area contributed by atoms with Gasteiger partial charge in [0, 0.05) is 47.0 Å². The summed E-state index contributed by atoms with van der Waals surface area (Å²) in [5.41, 5.74) is 0. The maximum absolute atomic E-state index is 12.1. The van der Waals surface area contributed by atoms with Crippen LogP contribution in [0.2, 0.25) is 6.04 Å². The molecular weight excluding hydrogens is 540 g/mol. The standard InChI is InChI=1S/C31H64N2O7Si/c1-6-7-8-9-10-11-12-13-14-15-16-17-18-19-20-22-31(35)40-29(2)27-39-30(34)23-25-33-28-32-24-21-26-41(36-3,37-4)38-5/h29,32-33H,6-28H2,1-5H3. The molecule has 0 amide bonds. The summed E-state index contributed by atoms with van der Waals surface area (Å²) in [5.74, 6) is -0.517. The minimum atomic E-state index is -2.51. The molecule has 9 nitrogen and oxygen atoms in total. The van der Waals surface area contributed by atoms with Gasteiger partial charge in [-0.2, -0.15) is 0 Å². The Morgan fingerprint density at radius 1 is 0.634 bits per heavy atom. The molecule has 244 valence electrons. The van der Waals surface area contributed by atoms with E-state index in [-0.39, 0.29) is 25.0 Å². The minimum Gasteiger partial charge on any atom is -0.462 e. The minimum absolute atomic E-state index is 0.0891. The van der Waals surface area contributed by atoms with E-state index >= 15 is 0 Å². The summed E-state index contributed by atoms with van der Waals surface area (Å²) in [7, 11) is 2.32. The molecule has 0 rings (SSSR count). The van der Waals surface area contributed by atoms with E-state index in [2.05, 4.69) is 17.6 Å². The Kier molecular flexibility index (Phi) is 28.3. The Bertz CT molecular complexity index is 601. The maximum Gasteiger partial charge on any atom is 0.500 e. The zero-order valence-electron chi connectivity index (χ0n) is 27.2. The summed E-state index contributed by atoms with van der Waals surface area (Å²) in [6.07, 6.45) is 20.6. The summed E-state index contributed by atoms with van der Waals surface area (Å²) in [6, 6.07) is 0.734. The molecule has 0 aliphatic heterocycles. The smallest absolute Gasteiger partial charge is 0.462 e. The molecule has 0 aliphatic carbocycles. The van der Waals surface area contributed by atoms with Gasteiger partial charge in [-0.25, -0.2) is 0 Å². The van der Waals surface area contributed by atoms with Gasteiger partial charge in [0.2, 0.25) is 0 Å². The summed E-state index contributed by atoms with van der Waals surface area (Å²) in [4.78, 5) is 24.0. The number of esters is 2. The van der Waals surface area contributed by atoms with E-state index in [9.17, 15) is 9.59 Å². The molecule has 0 aromatic rings. The average molecular weight is 605 g/mol. The molecule has 1 unspecified atom stereocenters. The number of carbonyl (C=O) groups is 2. The van der Waals surface area contributed by atoms with E-state index in [1.807, 2.05) is 0 Å². The Hall–Kier alpha value is -1.04. The molecule has 10 heteroatoms. The first kappa shape index (κ1) is 40.0. The van der Waals surface area contributed by atoms with Crippen molar-refractivity contribution in [2.24, 2.45) is 0 Å². The molecule has 1 atom stereocenters. The third-order valence-corrected chi connectivity index (χ3v) is 10.2. The number of carbonyl (C=O) groups excluding carboxylic acids is 2. The van der Waals surface area contributed by atoms with Gasteiger partial charge in [-0.3, -0.25) is 9.59 Å². The number of unbranched alkanes of at least 4 members (excludes halogenated alkanes) is 14. The highest BCUT2D eigenvalue weighted by molar-refractivity contribution is 6.60. The summed E-state index contributed by atoms with van der Waals surface area (Å²) < 4.78 is 26.8. The van der Waals surface area contributed by atoms with Crippen LogP contribution in [0.4, 0.5) is 0 Å². The molecule has 0 saturated carbocycles. The van der Waals surface area contributed by atoms with Crippen molar-refractivity contribution < 1.29 is 32.3 Å². The number of hydrogen-bond donors (Lipinski definition) is 2. The summed E-state index contributed by atoms with van der Waals surface area (Å²) in [5, 5.41) is 6.42. The van der Waals surface area contributed by atoms with E-state index in [0.717, 1.165) is 31.9 Å². The van der Waals surface area contributed by atoms with Crippen LogP contribution < -0.4 is 10.6 Å². The number of rotatable bonds is 31. The third kappa shape index (κ3) is 25.2. The van der Waals surface area contributed by atoms with E-state index < -0.39 is 14.9 Å². The second-order valence-electron chi connectivity index (χ2n) is 11.0. The molecule has 0 aromatic heterocycles. The van der Waals surface area contributed by atoms with Crippen LogP contribution in [0.15, 0.2) is 0 Å². The third-order valence-electron chi connectivity index (χ3n) is 7.32. The van der Waals surface area contributed by atoms with Gasteiger partial charge in [0.05, 0.1) is 6.42 Å². The van der Waals surface area contributed by atoms with Crippen LogP contribution >= 0.6 is 0 Å². The average Bonchev–Trinajstić information content (AvgIpc) is 2.97. The Morgan fingerprint density at radius 3 is 1.63 bits per heavy atom. The molecule has 0 radical (unpaired) electrons. The van der Waals surface area contributed by atoms with Crippen molar-refractivity contribution in [3.63, 3.8) is 0 Å². The van der Waals surface area contributed by atoms with E-state index in [0.29, 0.717) is 19.6 Å². The number of hydrogen-bond acceptors (Lipinski definition) is 9. The zero-order valence-corrected chi connectivity index (χ0v) is 28.2. The van der Waals surface area contributed by atoms with E-state index in [4.69, 9.17) is 22.8 Å². The molecule has 0 aromatic carbocycles. The van der Waals surface area contributed by atoms with Crippen LogP contribution in [0.5, 0.6) is 0 Å². The summed E-state index contributed by atoms with van der Waals surface area (Å²) in [6.45, 7) is 5.99. The quantitative estimate of drug-likeness (QED) is 0.0396. The fourth-order valence-electron chi connectivity index (χ4n) is 4.68. The van der Waals surface area contributed by atoms with Gasteiger partial charge in [0.25, 0.3) is 0 Å².